The summed E-state index contributed by atoms with van der Waals surface area (Å²) in [4.78, 5) is 0. The first kappa shape index (κ1) is 17.4. The van der Waals surface area contributed by atoms with Crippen molar-refractivity contribution in [3.8, 4) is 0 Å². The van der Waals surface area contributed by atoms with E-state index in [0.717, 1.165) is 38.5 Å². The Morgan fingerprint density at radius 3 is 2.48 bits per heavy atom. The minimum atomic E-state index is -0.753. The van der Waals surface area contributed by atoms with Crippen LogP contribution < -0.4 is 0 Å². The second-order valence-electron chi connectivity index (χ2n) is 9.68. The quantitative estimate of drug-likeness (QED) is 0.613. The Kier molecular flexibility index (Phi) is 4.02. The molecule has 3 heteroatoms. The van der Waals surface area contributed by atoms with Crippen LogP contribution in [0.2, 0.25) is 0 Å². The predicted molar refractivity (Wildman–Crippen MR) is 92.1 cm³/mol. The molecule has 1 saturated heterocycles. The predicted octanol–water partition coefficient (Wildman–Crippen LogP) is 3.83. The van der Waals surface area contributed by atoms with Gasteiger partial charge in [0.05, 0.1) is 22.9 Å². The van der Waals surface area contributed by atoms with Gasteiger partial charge in [-0.1, -0.05) is 19.1 Å². The molecule has 1 heterocycles. The van der Waals surface area contributed by atoms with E-state index >= 15 is 0 Å². The van der Waals surface area contributed by atoms with E-state index in [2.05, 4.69) is 19.9 Å². The molecule has 3 nitrogen and oxygen atoms in total. The van der Waals surface area contributed by atoms with E-state index in [4.69, 9.17) is 4.74 Å². The fourth-order valence-electron chi connectivity index (χ4n) is 4.73. The van der Waals surface area contributed by atoms with Crippen molar-refractivity contribution in [1.29, 1.82) is 0 Å². The molecule has 1 aliphatic heterocycles. The van der Waals surface area contributed by atoms with Gasteiger partial charge < -0.3 is 14.9 Å². The molecular weight excluding hydrogens is 288 g/mol. The number of hydrogen-bond donors (Lipinski definition) is 2. The number of aliphatic hydroxyl groups is 2. The molecule has 0 bridgehead atoms. The maximum absolute atomic E-state index is 10.9. The summed E-state index contributed by atoms with van der Waals surface area (Å²) in [5, 5.41) is 20.8. The highest BCUT2D eigenvalue weighted by molar-refractivity contribution is 5.12. The molecule has 3 fully saturated rings. The molecule has 6 atom stereocenters. The zero-order valence-electron chi connectivity index (χ0n) is 15.4. The zero-order chi connectivity index (χ0) is 17.1. The lowest BCUT2D eigenvalue weighted by atomic mass is 9.72. The lowest BCUT2D eigenvalue weighted by Gasteiger charge is -2.34. The van der Waals surface area contributed by atoms with Crippen LogP contribution in [0.15, 0.2) is 12.2 Å². The summed E-state index contributed by atoms with van der Waals surface area (Å²) < 4.78 is 5.96. The Balaban J connectivity index is 1.76. The van der Waals surface area contributed by atoms with Crippen LogP contribution in [0, 0.1) is 17.3 Å². The van der Waals surface area contributed by atoms with Gasteiger partial charge in [0.25, 0.3) is 0 Å². The molecule has 3 rings (SSSR count). The van der Waals surface area contributed by atoms with Crippen molar-refractivity contribution >= 4 is 0 Å². The number of allylic oxidation sites excluding steroid dienone is 1. The standard InChI is InChI=1S/C20H34O3/c1-17(2,21)8-6-9-18(3)11-12-20(5)16(23-20)7-10-19(4,22)15-13-14(15)18/h6,8,14-16,21-22H,7,9-13H2,1-5H3/b8-6+/t14-,15-,16-,18-,19-,20-/m0/s1. The van der Waals surface area contributed by atoms with Gasteiger partial charge in [0, 0.05) is 0 Å². The van der Waals surface area contributed by atoms with E-state index < -0.39 is 11.2 Å². The van der Waals surface area contributed by atoms with E-state index in [-0.39, 0.29) is 11.0 Å². The van der Waals surface area contributed by atoms with E-state index in [9.17, 15) is 10.2 Å². The van der Waals surface area contributed by atoms with Crippen molar-refractivity contribution in [2.45, 2.75) is 96.1 Å². The maximum atomic E-state index is 10.9. The van der Waals surface area contributed by atoms with Crippen LogP contribution in [0.5, 0.6) is 0 Å². The van der Waals surface area contributed by atoms with Crippen LogP contribution in [-0.4, -0.2) is 33.1 Å². The fourth-order valence-corrected chi connectivity index (χ4v) is 4.73. The van der Waals surface area contributed by atoms with Crippen molar-refractivity contribution in [1.82, 2.24) is 0 Å². The van der Waals surface area contributed by atoms with E-state index in [1.807, 2.05) is 26.8 Å². The first-order valence-corrected chi connectivity index (χ1v) is 9.26. The van der Waals surface area contributed by atoms with Crippen molar-refractivity contribution in [3.63, 3.8) is 0 Å². The van der Waals surface area contributed by atoms with Crippen LogP contribution in [0.3, 0.4) is 0 Å². The molecule has 3 aliphatic rings. The summed E-state index contributed by atoms with van der Waals surface area (Å²) >= 11 is 0. The largest absolute Gasteiger partial charge is 0.390 e. The van der Waals surface area contributed by atoms with Gasteiger partial charge in [-0.05, 0) is 83.5 Å². The van der Waals surface area contributed by atoms with Crippen LogP contribution in [0.25, 0.3) is 0 Å². The second-order valence-corrected chi connectivity index (χ2v) is 9.68. The van der Waals surface area contributed by atoms with E-state index in [1.165, 1.54) is 0 Å². The third-order valence-corrected chi connectivity index (χ3v) is 6.73. The monoisotopic (exact) mass is 322 g/mol. The number of epoxide rings is 1. The third-order valence-electron chi connectivity index (χ3n) is 6.73. The fraction of sp³-hybridized carbons (Fsp3) is 0.900. The molecule has 0 radical (unpaired) electrons. The lowest BCUT2D eigenvalue weighted by Crippen LogP contribution is -2.33. The van der Waals surface area contributed by atoms with Crippen LogP contribution >= 0.6 is 0 Å². The molecule has 0 unspecified atom stereocenters. The number of fused-ring (bicyclic) bond motifs is 2. The maximum Gasteiger partial charge on any atom is 0.0920 e. The summed E-state index contributed by atoms with van der Waals surface area (Å²) in [6.07, 6.45) is 10.6. The minimum absolute atomic E-state index is 0.0268. The van der Waals surface area contributed by atoms with Crippen molar-refractivity contribution in [3.05, 3.63) is 12.2 Å². The van der Waals surface area contributed by atoms with Crippen molar-refractivity contribution in [2.75, 3.05) is 0 Å². The Bertz CT molecular complexity index is 490. The molecule has 2 saturated carbocycles. The molecule has 0 aromatic rings. The van der Waals surface area contributed by atoms with Gasteiger partial charge >= 0.3 is 0 Å². The van der Waals surface area contributed by atoms with Gasteiger partial charge in [-0.25, -0.2) is 0 Å². The smallest absolute Gasteiger partial charge is 0.0920 e. The molecule has 23 heavy (non-hydrogen) atoms. The summed E-state index contributed by atoms with van der Waals surface area (Å²) in [5.74, 6) is 1.01. The van der Waals surface area contributed by atoms with Gasteiger partial charge in [-0.3, -0.25) is 0 Å². The summed E-state index contributed by atoms with van der Waals surface area (Å²) in [5.41, 5.74) is -1.10. The number of rotatable bonds is 3. The van der Waals surface area contributed by atoms with Gasteiger partial charge in [0.15, 0.2) is 0 Å². The van der Waals surface area contributed by atoms with Gasteiger partial charge in [0.1, 0.15) is 0 Å². The highest BCUT2D eigenvalue weighted by atomic mass is 16.6. The van der Waals surface area contributed by atoms with E-state index in [0.29, 0.717) is 17.9 Å². The van der Waals surface area contributed by atoms with Crippen molar-refractivity contribution in [2.24, 2.45) is 17.3 Å². The first-order chi connectivity index (χ1) is 10.5. The number of ether oxygens (including phenoxy) is 1. The topological polar surface area (TPSA) is 53.0 Å². The molecule has 2 aliphatic carbocycles. The normalized spacial score (nSPS) is 50.3. The SMILES string of the molecule is CC(C)(O)/C=C/C[C@@]1(C)CC[C@]2(C)O[C@H]2CC[C@](C)(O)[C@H]2C[C@@H]21. The molecule has 132 valence electrons. The van der Waals surface area contributed by atoms with Gasteiger partial charge in [-0.2, -0.15) is 0 Å². The first-order valence-electron chi connectivity index (χ1n) is 9.26. The second kappa shape index (κ2) is 5.31. The van der Waals surface area contributed by atoms with Gasteiger partial charge in [-0.15, -0.1) is 0 Å². The Morgan fingerprint density at radius 1 is 1.13 bits per heavy atom. The van der Waals surface area contributed by atoms with Crippen molar-refractivity contribution < 1.29 is 14.9 Å². The lowest BCUT2D eigenvalue weighted by molar-refractivity contribution is 0.00849. The molecule has 0 aromatic heterocycles. The Labute approximate surface area is 141 Å². The van der Waals surface area contributed by atoms with Crippen LogP contribution in [-0.2, 0) is 4.74 Å². The highest BCUT2D eigenvalue weighted by Gasteiger charge is 2.60. The molecule has 0 aromatic carbocycles. The molecule has 2 N–H and O–H groups in total. The Hall–Kier alpha value is -0.380. The summed E-state index contributed by atoms with van der Waals surface area (Å²) in [6.45, 7) is 10.2. The molecular formula is C20H34O3. The molecule has 0 spiro atoms. The highest BCUT2D eigenvalue weighted by Crippen LogP contribution is 2.62. The van der Waals surface area contributed by atoms with Gasteiger partial charge in [0.2, 0.25) is 0 Å². The average Bonchev–Trinajstić information content (AvgIpc) is 3.27. The van der Waals surface area contributed by atoms with Crippen LogP contribution in [0.1, 0.15) is 73.1 Å². The van der Waals surface area contributed by atoms with Crippen LogP contribution in [0.4, 0.5) is 0 Å². The average molecular weight is 322 g/mol. The minimum Gasteiger partial charge on any atom is -0.390 e. The summed E-state index contributed by atoms with van der Waals surface area (Å²) in [6, 6.07) is 0. The molecule has 0 amide bonds. The van der Waals surface area contributed by atoms with E-state index in [1.54, 1.807) is 0 Å². The zero-order valence-corrected chi connectivity index (χ0v) is 15.4. The third kappa shape index (κ3) is 3.67. The Morgan fingerprint density at radius 2 is 1.83 bits per heavy atom. The summed E-state index contributed by atoms with van der Waals surface area (Å²) in [7, 11) is 0. The number of hydrogen-bond acceptors (Lipinski definition) is 3.